The summed E-state index contributed by atoms with van der Waals surface area (Å²) in [5, 5.41) is 1.29. The Balaban J connectivity index is -0.0000000154. The molecule has 0 aromatic heterocycles. The Morgan fingerprint density at radius 1 is 1.67 bits per heavy atom. The van der Waals surface area contributed by atoms with E-state index in [1.165, 1.54) is 5.29 Å². The van der Waals surface area contributed by atoms with Gasteiger partial charge in [-0.25, -0.2) is 0 Å². The molecule has 0 saturated heterocycles. The molecule has 0 saturated carbocycles. The first kappa shape index (κ1) is 22.7. The molecule has 0 aromatic rings. The van der Waals surface area contributed by atoms with Crippen molar-refractivity contribution in [3.63, 3.8) is 0 Å². The van der Waals surface area contributed by atoms with Crippen LogP contribution in [0.1, 0.15) is 7.43 Å². The summed E-state index contributed by atoms with van der Waals surface area (Å²) in [5.74, 6) is 0. The van der Waals surface area contributed by atoms with Gasteiger partial charge in [-0.2, -0.15) is 6.26 Å². The van der Waals surface area contributed by atoms with Gasteiger partial charge in [0.2, 0.25) is 0 Å². The zero-order valence-corrected chi connectivity index (χ0v) is 13.7. The van der Waals surface area contributed by atoms with Crippen molar-refractivity contribution >= 4 is 28.0 Å². The average Bonchev–Trinajstić information content (AvgIpc) is 1.75. The normalized spacial score (nSPS) is 3.56. The van der Waals surface area contributed by atoms with E-state index in [1.54, 1.807) is 6.26 Å². The van der Waals surface area contributed by atoms with E-state index >= 15 is 0 Å². The van der Waals surface area contributed by atoms with E-state index in [-0.39, 0.29) is 47.0 Å². The first-order valence-electron chi connectivity index (χ1n) is 1.57. The molecule has 0 aliphatic carbocycles. The molecule has 0 aliphatic rings. The van der Waals surface area contributed by atoms with Crippen molar-refractivity contribution in [3.8, 4) is 0 Å². The van der Waals surface area contributed by atoms with E-state index < -0.39 is 28.4 Å². The third-order valence-electron chi connectivity index (χ3n) is 0.0430. The van der Waals surface area contributed by atoms with Crippen molar-refractivity contribution < 1.29 is 68.0 Å². The Morgan fingerprint density at radius 3 is 2.00 bits per heavy atom. The van der Waals surface area contributed by atoms with Crippen molar-refractivity contribution in [1.29, 1.82) is 0.101 Å². The minimum Gasteiger partial charge on any atom is 0 e. The van der Waals surface area contributed by atoms with Crippen LogP contribution >= 0.6 is 0 Å². The summed E-state index contributed by atoms with van der Waals surface area (Å²) in [6, 6.07) is 0. The molecule has 0 unspecified atom stereocenters. The topological polar surface area (TPSA) is 22.3 Å². The van der Waals surface area contributed by atoms with Gasteiger partial charge in [-0.05, 0) is 0 Å². The molecule has 0 aromatic carbocycles. The fraction of sp³-hybridized carbons (Fsp3) is 1.00. The van der Waals surface area contributed by atoms with Crippen LogP contribution in [0.15, 0.2) is 0 Å². The van der Waals surface area contributed by atoms with Gasteiger partial charge in [0.15, 0.2) is 0 Å². The van der Waals surface area contributed by atoms with Crippen LogP contribution in [0.25, 0.3) is 4.78 Å². The van der Waals surface area contributed by atoms with Crippen molar-refractivity contribution in [2.24, 2.45) is 0 Å². The molecule has 1 nitrogen and oxygen atoms in total. The molecule has 0 heterocycles. The largest absolute Gasteiger partial charge is 0 e. The smallest absolute Gasteiger partial charge is 0 e. The molecular weight excluding hydrogens is 458 g/mol. The standard InChI is InChI=1S/CH4S.CH4.NS2.V.W.Y.H/c1-2;;1-3-2;;;;/h2H,1H3;1H4;;;;;/q;;-1;;;;/p-1/i;;;;;;1+1. The third kappa shape index (κ3) is 56.0. The summed E-state index contributed by atoms with van der Waals surface area (Å²) in [6.45, 7) is 0. The van der Waals surface area contributed by atoms with Crippen LogP contribution in [0, 0.1) is 0 Å². The second kappa shape index (κ2) is 44.2. The maximum Gasteiger partial charge on any atom is 0 e. The zero-order chi connectivity index (χ0) is 6.12. The van der Waals surface area contributed by atoms with Crippen molar-refractivity contribution in [2.75, 3.05) is 6.26 Å². The fourth-order valence-electron chi connectivity index (χ4n) is 0. The van der Waals surface area contributed by atoms with Crippen LogP contribution < -0.4 is 0 Å². The van der Waals surface area contributed by atoms with Crippen LogP contribution in [0.5, 0.6) is 0 Å². The van der Waals surface area contributed by atoms with Crippen molar-refractivity contribution in [2.45, 2.75) is 7.43 Å². The minimum absolute atomic E-state index is 0. The molecule has 0 fully saturated rings. The van der Waals surface area contributed by atoms with Gasteiger partial charge in [-0.3, -0.25) is 0 Å². The van der Waals surface area contributed by atoms with Crippen LogP contribution in [-0.2, 0) is 96.1 Å². The van der Waals surface area contributed by atoms with E-state index in [0.29, 0.717) is 10.1 Å². The summed E-state index contributed by atoms with van der Waals surface area (Å²) in [4.78, 5) is 0. The molecule has 55 valence electrons. The van der Waals surface area contributed by atoms with Crippen LogP contribution in [0.2, 0.25) is 0 Å². The van der Waals surface area contributed by atoms with Gasteiger partial charge >= 0.3 is 48.7 Å². The summed E-state index contributed by atoms with van der Waals surface area (Å²) >= 11 is 3.03. The Morgan fingerprint density at radius 2 is 2.00 bits per heavy atom. The van der Waals surface area contributed by atoms with Gasteiger partial charge < -0.3 is 12.6 Å². The van der Waals surface area contributed by atoms with E-state index in [9.17, 15) is 0 Å². The third-order valence-corrected chi connectivity index (χ3v) is 2.29. The molecule has 7 heteroatoms. The molecule has 0 amide bonds. The maximum atomic E-state index is 7.87. The van der Waals surface area contributed by atoms with Gasteiger partial charge in [0.05, 0.1) is 0 Å². The predicted octanol–water partition coefficient (Wildman–Crippen LogP) is 0.808. The number of nitrogens with zero attached hydrogens (tertiary/aromatic N) is 1. The van der Waals surface area contributed by atoms with Gasteiger partial charge in [0, 0.05) is 39.6 Å². The van der Waals surface area contributed by atoms with E-state index in [2.05, 4.69) is 12.6 Å². The van der Waals surface area contributed by atoms with Crippen LogP contribution in [0.3, 0.4) is 0 Å². The molecule has 0 bridgehead atoms. The first-order chi connectivity index (χ1) is 3.41. The Bertz CT molecular complexity index is 105. The molecular formula is C2H8NS3VWY-2. The monoisotopic (exact) mass is 467 g/mol. The van der Waals surface area contributed by atoms with Crippen molar-refractivity contribution in [1.82, 2.24) is 0 Å². The Hall–Kier alpha value is 2.97. The Kier molecular flexibility index (Phi) is 111. The van der Waals surface area contributed by atoms with E-state index in [0.717, 1.165) is 0 Å². The molecule has 9 heavy (non-hydrogen) atoms. The van der Waals surface area contributed by atoms with Crippen LogP contribution in [-0.4, -0.2) is 6.36 Å². The quantitative estimate of drug-likeness (QED) is 0.484. The fourth-order valence-corrected chi connectivity index (χ4v) is 0. The minimum atomic E-state index is -1.05. The number of hydrogen-bond donors (Lipinski definition) is 0. The molecule has 0 N–H and O–H groups in total. The summed E-state index contributed by atoms with van der Waals surface area (Å²) in [5.41, 5.74) is 0. The molecule has 0 atom stereocenters. The van der Waals surface area contributed by atoms with E-state index in [4.69, 9.17) is 4.88 Å². The van der Waals surface area contributed by atoms with Gasteiger partial charge in [0.25, 0.3) is 0 Å². The van der Waals surface area contributed by atoms with E-state index in [1.807, 2.05) is 0 Å². The summed E-state index contributed by atoms with van der Waals surface area (Å²) in [6.07, 6.45) is 1.58. The SMILES string of the molecule is C.C[S-].[2H][Y]=[S]=S=[N-].[V].[W]. The summed E-state index contributed by atoms with van der Waals surface area (Å²) in [7, 11) is 0.715. The second-order valence-corrected chi connectivity index (χ2v) is 5.79. The van der Waals surface area contributed by atoms with Gasteiger partial charge in [0.1, 0.15) is 0 Å². The van der Waals surface area contributed by atoms with Gasteiger partial charge in [-0.1, -0.05) is 7.43 Å². The summed E-state index contributed by atoms with van der Waals surface area (Å²) < 4.78 is 14.4. The predicted molar refractivity (Wildman–Crippen MR) is 39.5 cm³/mol. The molecule has 0 spiro atoms. The zero-order valence-electron chi connectivity index (χ0n) is 5.10. The van der Waals surface area contributed by atoms with Gasteiger partial charge in [-0.15, -0.1) is 0 Å². The molecule has 0 rings (SSSR count). The van der Waals surface area contributed by atoms with Crippen LogP contribution in [0.4, 0.5) is 0 Å². The number of rotatable bonds is 0. The molecule has 1 radical (unpaired) electrons. The Labute approximate surface area is 112 Å². The van der Waals surface area contributed by atoms with Crippen molar-refractivity contribution in [3.05, 3.63) is 4.78 Å². The average molecular weight is 467 g/mol. The first-order valence-corrected chi connectivity index (χ1v) is 7.46. The molecule has 0 aliphatic heterocycles. The number of hydrogen-bond acceptors (Lipinski definition) is 1. The second-order valence-electron chi connectivity index (χ2n) is 0.171. The maximum absolute atomic E-state index is 7.87.